The van der Waals surface area contributed by atoms with Crippen LogP contribution < -0.4 is 0 Å². The Balaban J connectivity index is 1.94. The monoisotopic (exact) mass is 312 g/mol. The van der Waals surface area contributed by atoms with Crippen molar-refractivity contribution in [3.05, 3.63) is 95.9 Å². The molecule has 24 heavy (non-hydrogen) atoms. The molecule has 0 aliphatic rings. The zero-order chi connectivity index (χ0) is 16.5. The maximum absolute atomic E-state index is 13.0. The molecule has 0 saturated carbocycles. The van der Waals surface area contributed by atoms with Gasteiger partial charge in [-0.3, -0.25) is 9.20 Å². The Labute approximate surface area is 140 Å². The predicted molar refractivity (Wildman–Crippen MR) is 95.2 cm³/mol. The molecule has 4 aromatic rings. The number of rotatable bonds is 3. The highest BCUT2D eigenvalue weighted by Crippen LogP contribution is 2.26. The second-order valence-corrected chi connectivity index (χ2v) is 5.75. The fourth-order valence-corrected chi connectivity index (χ4v) is 2.95. The second kappa shape index (κ2) is 5.78. The zero-order valence-electron chi connectivity index (χ0n) is 13.3. The Bertz CT molecular complexity index is 1030. The predicted octanol–water partition coefficient (Wildman–Crippen LogP) is 4.54. The number of carbonyl (C=O) groups excluding carboxylic acids is 1. The molecule has 3 nitrogen and oxygen atoms in total. The average molecular weight is 312 g/mol. The topological polar surface area (TPSA) is 34.4 Å². The largest absolute Gasteiger partial charge is 0.296 e. The van der Waals surface area contributed by atoms with Crippen molar-refractivity contribution >= 4 is 11.3 Å². The van der Waals surface area contributed by atoms with E-state index in [1.165, 1.54) is 0 Å². The standard InChI is InChI=1S/C21H16N2O/c1-15-9-5-6-12-17(15)20(24)21-22-19(16-10-3-2-4-11-16)18-13-7-8-14-23(18)21/h2-14H,1H3. The third-order valence-corrected chi connectivity index (χ3v) is 4.19. The molecule has 0 radical (unpaired) electrons. The van der Waals surface area contributed by atoms with Gasteiger partial charge >= 0.3 is 0 Å². The molecule has 116 valence electrons. The van der Waals surface area contributed by atoms with E-state index in [4.69, 9.17) is 4.98 Å². The first-order chi connectivity index (χ1) is 11.8. The fraction of sp³-hybridized carbons (Fsp3) is 0.0476. The van der Waals surface area contributed by atoms with Gasteiger partial charge in [0.1, 0.15) is 0 Å². The quantitative estimate of drug-likeness (QED) is 0.520. The number of benzene rings is 2. The summed E-state index contributed by atoms with van der Waals surface area (Å²) < 4.78 is 1.87. The van der Waals surface area contributed by atoms with Gasteiger partial charge in [0.15, 0.2) is 5.82 Å². The number of aryl methyl sites for hydroxylation is 1. The average Bonchev–Trinajstić information content (AvgIpc) is 3.02. The Morgan fingerprint density at radius 3 is 2.38 bits per heavy atom. The van der Waals surface area contributed by atoms with E-state index < -0.39 is 0 Å². The number of nitrogens with zero attached hydrogens (tertiary/aromatic N) is 2. The minimum atomic E-state index is -0.0588. The van der Waals surface area contributed by atoms with Crippen molar-refractivity contribution in [3.8, 4) is 11.3 Å². The van der Waals surface area contributed by atoms with E-state index >= 15 is 0 Å². The summed E-state index contributed by atoms with van der Waals surface area (Å²) in [5.74, 6) is 0.384. The van der Waals surface area contributed by atoms with Gasteiger partial charge in [-0.2, -0.15) is 0 Å². The molecule has 0 atom stereocenters. The first-order valence-corrected chi connectivity index (χ1v) is 7.88. The summed E-state index contributed by atoms with van der Waals surface area (Å²) in [5, 5.41) is 0. The number of hydrogen-bond acceptors (Lipinski definition) is 2. The van der Waals surface area contributed by atoms with Gasteiger partial charge in [0.25, 0.3) is 0 Å². The van der Waals surface area contributed by atoms with Crippen LogP contribution in [0.4, 0.5) is 0 Å². The molecule has 2 aromatic carbocycles. The summed E-state index contributed by atoms with van der Waals surface area (Å²) in [5.41, 5.74) is 4.41. The SMILES string of the molecule is Cc1ccccc1C(=O)c1nc(-c2ccccc2)c2ccccn12. The van der Waals surface area contributed by atoms with Gasteiger partial charge in [0, 0.05) is 17.3 Å². The molecule has 2 aromatic heterocycles. The highest BCUT2D eigenvalue weighted by molar-refractivity contribution is 6.09. The minimum absolute atomic E-state index is 0.0588. The van der Waals surface area contributed by atoms with Crippen molar-refractivity contribution in [2.45, 2.75) is 6.92 Å². The van der Waals surface area contributed by atoms with Gasteiger partial charge in [-0.1, -0.05) is 60.7 Å². The van der Waals surface area contributed by atoms with Crippen LogP contribution in [0.2, 0.25) is 0 Å². The third kappa shape index (κ3) is 2.31. The summed E-state index contributed by atoms with van der Waals surface area (Å²) in [7, 11) is 0. The van der Waals surface area contributed by atoms with Crippen molar-refractivity contribution in [1.82, 2.24) is 9.38 Å². The summed E-state index contributed by atoms with van der Waals surface area (Å²) in [6.07, 6.45) is 1.89. The number of imidazole rings is 1. The normalized spacial score (nSPS) is 10.9. The van der Waals surface area contributed by atoms with Crippen LogP contribution >= 0.6 is 0 Å². The summed E-state index contributed by atoms with van der Waals surface area (Å²) in [4.78, 5) is 17.7. The molecule has 0 amide bonds. The summed E-state index contributed by atoms with van der Waals surface area (Å²) >= 11 is 0. The molecule has 4 rings (SSSR count). The number of ketones is 1. The Hall–Kier alpha value is -3.20. The number of aromatic nitrogens is 2. The lowest BCUT2D eigenvalue weighted by molar-refractivity contribution is 0.102. The van der Waals surface area contributed by atoms with E-state index in [-0.39, 0.29) is 5.78 Å². The molecule has 3 heteroatoms. The Kier molecular flexibility index (Phi) is 3.47. The van der Waals surface area contributed by atoms with Crippen molar-refractivity contribution in [2.75, 3.05) is 0 Å². The molecule has 0 unspecified atom stereocenters. The van der Waals surface area contributed by atoms with Gasteiger partial charge in [-0.05, 0) is 24.6 Å². The molecule has 0 saturated heterocycles. The van der Waals surface area contributed by atoms with E-state index in [2.05, 4.69) is 0 Å². The number of hydrogen-bond donors (Lipinski definition) is 0. The molecule has 2 heterocycles. The summed E-state index contributed by atoms with van der Waals surface area (Å²) in [6.45, 7) is 1.95. The van der Waals surface area contributed by atoms with Gasteiger partial charge in [-0.25, -0.2) is 4.98 Å². The molecular weight excluding hydrogens is 296 g/mol. The van der Waals surface area contributed by atoms with E-state index in [1.807, 2.05) is 90.3 Å². The first kappa shape index (κ1) is 14.4. The van der Waals surface area contributed by atoms with Crippen LogP contribution in [0.3, 0.4) is 0 Å². The molecule has 0 aliphatic carbocycles. The number of fused-ring (bicyclic) bond motifs is 1. The number of carbonyl (C=O) groups is 1. The van der Waals surface area contributed by atoms with E-state index in [0.717, 1.165) is 22.3 Å². The highest BCUT2D eigenvalue weighted by Gasteiger charge is 2.20. The molecule has 0 aliphatic heterocycles. The molecule has 0 fully saturated rings. The number of pyridine rings is 1. The molecule has 0 N–H and O–H groups in total. The summed E-state index contributed by atoms with van der Waals surface area (Å²) in [6, 6.07) is 23.4. The van der Waals surface area contributed by atoms with E-state index in [9.17, 15) is 4.79 Å². The van der Waals surface area contributed by atoms with Gasteiger partial charge in [0.05, 0.1) is 11.2 Å². The lowest BCUT2D eigenvalue weighted by Crippen LogP contribution is -2.08. The Morgan fingerprint density at radius 1 is 0.875 bits per heavy atom. The smallest absolute Gasteiger partial charge is 0.229 e. The van der Waals surface area contributed by atoms with Gasteiger partial charge in [0.2, 0.25) is 5.78 Å². The van der Waals surface area contributed by atoms with Crippen LogP contribution in [-0.2, 0) is 0 Å². The Morgan fingerprint density at radius 2 is 1.58 bits per heavy atom. The first-order valence-electron chi connectivity index (χ1n) is 7.88. The van der Waals surface area contributed by atoms with Crippen LogP contribution in [0.1, 0.15) is 21.7 Å². The zero-order valence-corrected chi connectivity index (χ0v) is 13.3. The van der Waals surface area contributed by atoms with Crippen LogP contribution in [0.5, 0.6) is 0 Å². The van der Waals surface area contributed by atoms with E-state index in [1.54, 1.807) is 0 Å². The van der Waals surface area contributed by atoms with Crippen molar-refractivity contribution in [1.29, 1.82) is 0 Å². The lowest BCUT2D eigenvalue weighted by atomic mass is 10.0. The fourth-order valence-electron chi connectivity index (χ4n) is 2.95. The molecule has 0 bridgehead atoms. The lowest BCUT2D eigenvalue weighted by Gasteiger charge is -2.03. The van der Waals surface area contributed by atoms with Crippen LogP contribution in [0, 0.1) is 6.92 Å². The molecule has 0 spiro atoms. The van der Waals surface area contributed by atoms with Crippen molar-refractivity contribution in [2.24, 2.45) is 0 Å². The van der Waals surface area contributed by atoms with Crippen LogP contribution in [-0.4, -0.2) is 15.2 Å². The van der Waals surface area contributed by atoms with Crippen molar-refractivity contribution < 1.29 is 4.79 Å². The van der Waals surface area contributed by atoms with Crippen LogP contribution in [0.25, 0.3) is 16.8 Å². The van der Waals surface area contributed by atoms with E-state index in [0.29, 0.717) is 11.4 Å². The minimum Gasteiger partial charge on any atom is -0.296 e. The maximum Gasteiger partial charge on any atom is 0.229 e. The third-order valence-electron chi connectivity index (χ3n) is 4.19. The molecular formula is C21H16N2O. The van der Waals surface area contributed by atoms with Crippen LogP contribution in [0.15, 0.2) is 79.0 Å². The van der Waals surface area contributed by atoms with Gasteiger partial charge < -0.3 is 0 Å². The van der Waals surface area contributed by atoms with Gasteiger partial charge in [-0.15, -0.1) is 0 Å². The maximum atomic E-state index is 13.0. The highest BCUT2D eigenvalue weighted by atomic mass is 16.1. The second-order valence-electron chi connectivity index (χ2n) is 5.75. The van der Waals surface area contributed by atoms with Crippen molar-refractivity contribution in [3.63, 3.8) is 0 Å².